The quantitative estimate of drug-likeness (QED) is 0.110. The van der Waals surface area contributed by atoms with Gasteiger partial charge >= 0.3 is 6.18 Å². The van der Waals surface area contributed by atoms with Crippen molar-refractivity contribution in [2.75, 3.05) is 30.3 Å². The van der Waals surface area contributed by atoms with Crippen LogP contribution in [0.5, 0.6) is 5.88 Å². The Bertz CT molecular complexity index is 2500. The number of pyridine rings is 1. The second kappa shape index (κ2) is 14.1. The highest BCUT2D eigenvalue weighted by atomic mass is 35.5. The molecule has 5 heterocycles. The Balaban J connectivity index is 0.927. The maximum atomic E-state index is 14.3. The lowest BCUT2D eigenvalue weighted by atomic mass is 9.94. The Kier molecular flexibility index (Phi) is 9.26. The smallest absolute Gasteiger partial charge is 0.418 e. The number of alkyl halides is 3. The van der Waals surface area contributed by atoms with Gasteiger partial charge in [0.2, 0.25) is 11.8 Å². The fourth-order valence-electron chi connectivity index (χ4n) is 7.73. The first-order chi connectivity index (χ1) is 27.3. The van der Waals surface area contributed by atoms with Gasteiger partial charge in [0.05, 0.1) is 55.4 Å². The topological polar surface area (TPSA) is 111 Å². The minimum Gasteiger partial charge on any atom is -0.473 e. The molecule has 291 valence electrons. The number of hydrogen-bond donors (Lipinski definition) is 2. The highest BCUT2D eigenvalue weighted by Gasteiger charge is 2.58. The zero-order valence-electron chi connectivity index (χ0n) is 30.3. The van der Waals surface area contributed by atoms with Crippen LogP contribution in [0, 0.1) is 5.82 Å². The Hall–Kier alpha value is -5.09. The van der Waals surface area contributed by atoms with E-state index in [4.69, 9.17) is 26.1 Å². The van der Waals surface area contributed by atoms with Crippen molar-refractivity contribution in [3.63, 3.8) is 0 Å². The predicted molar refractivity (Wildman–Crippen MR) is 206 cm³/mol. The molecule has 1 spiro atoms. The minimum atomic E-state index is -4.73. The van der Waals surface area contributed by atoms with Gasteiger partial charge in [0.25, 0.3) is 5.91 Å². The fourth-order valence-corrected chi connectivity index (χ4v) is 8.25. The molecular weight excluding hydrogens is 780 g/mol. The molecule has 16 heteroatoms. The van der Waals surface area contributed by atoms with Crippen LogP contribution >= 0.6 is 11.6 Å². The summed E-state index contributed by atoms with van der Waals surface area (Å²) in [7, 11) is 3.79. The number of nitrogens with zero attached hydrogens (tertiary/aromatic N) is 4. The van der Waals surface area contributed by atoms with Crippen molar-refractivity contribution in [2.24, 2.45) is 0 Å². The Morgan fingerprint density at radius 3 is 2.60 bits per heavy atom. The van der Waals surface area contributed by atoms with E-state index < -0.39 is 40.0 Å². The summed E-state index contributed by atoms with van der Waals surface area (Å²) in [5.41, 5.74) is 1.79. The number of ether oxygens (including phenoxy) is 2. The van der Waals surface area contributed by atoms with Gasteiger partial charge in [-0.05, 0) is 85.4 Å². The van der Waals surface area contributed by atoms with Gasteiger partial charge in [-0.15, -0.1) is 0 Å². The van der Waals surface area contributed by atoms with Crippen molar-refractivity contribution in [1.82, 2.24) is 19.4 Å². The summed E-state index contributed by atoms with van der Waals surface area (Å²) < 4.78 is 70.3. The van der Waals surface area contributed by atoms with Gasteiger partial charge < -0.3 is 24.7 Å². The van der Waals surface area contributed by atoms with E-state index in [9.17, 15) is 27.2 Å². The van der Waals surface area contributed by atoms with Gasteiger partial charge in [0.15, 0.2) is 0 Å². The molecule has 3 radical (unpaired) electrons. The van der Waals surface area contributed by atoms with Gasteiger partial charge in [-0.1, -0.05) is 29.8 Å². The SMILES string of the molecule is O=C(Nc1cc(C(F)(F)F)c2c(c1)C1(CC1)C(=O)N2)c1ccc2c(c1)nc(CN1CC=C(c3cccc(OCc4ccc(Cl)cc4F)n3)CC1)n2CC1([Si])CCO1. The van der Waals surface area contributed by atoms with Gasteiger partial charge in [0, 0.05) is 54.1 Å². The van der Waals surface area contributed by atoms with Crippen molar-refractivity contribution in [2.45, 2.75) is 62.2 Å². The predicted octanol–water partition coefficient (Wildman–Crippen LogP) is 7.63. The largest absolute Gasteiger partial charge is 0.473 e. The van der Waals surface area contributed by atoms with Crippen molar-refractivity contribution < 1.29 is 36.6 Å². The molecule has 1 saturated heterocycles. The molecule has 57 heavy (non-hydrogen) atoms. The number of imidazole rings is 1. The fraction of sp³-hybridized carbons (Fsp3) is 0.317. The molecular formula is C41H34ClF4N6O4Si. The van der Waals surface area contributed by atoms with E-state index in [1.807, 2.05) is 12.1 Å². The maximum Gasteiger partial charge on any atom is 0.418 e. The molecule has 1 aliphatic carbocycles. The summed E-state index contributed by atoms with van der Waals surface area (Å²) in [4.78, 5) is 38.0. The standard InChI is InChI=1S/C41H34ClF4N6O4Si/c42-26-6-4-25(30(43)17-26)21-55-35-3-1-2-31(49-35)23-8-13-51(14-9-23)20-34-48-32-16-24(5-7-33(32)52(34)22-40(57)12-15-56-40)37(53)47-27-18-28-36(29(19-27)41(44,45)46)50-38(54)39(28)10-11-39/h1-8,16-19H,9-15,20-22H2,(H,47,53)(H,50,54). The molecule has 2 N–H and O–H groups in total. The van der Waals surface area contributed by atoms with E-state index >= 15 is 0 Å². The van der Waals surface area contributed by atoms with Gasteiger partial charge in [-0.3, -0.25) is 14.5 Å². The van der Waals surface area contributed by atoms with Gasteiger partial charge in [-0.25, -0.2) is 14.4 Å². The van der Waals surface area contributed by atoms with Crippen LogP contribution in [-0.2, 0) is 40.8 Å². The molecule has 2 fully saturated rings. The Labute approximate surface area is 332 Å². The Morgan fingerprint density at radius 1 is 1.07 bits per heavy atom. The number of amides is 2. The third-order valence-electron chi connectivity index (χ3n) is 11.1. The molecule has 9 rings (SSSR count). The van der Waals surface area contributed by atoms with Crippen molar-refractivity contribution in [1.29, 1.82) is 0 Å². The van der Waals surface area contributed by atoms with Crippen LogP contribution in [0.3, 0.4) is 0 Å². The maximum absolute atomic E-state index is 14.3. The van der Waals surface area contributed by atoms with E-state index in [1.165, 1.54) is 12.1 Å². The summed E-state index contributed by atoms with van der Waals surface area (Å²) in [5, 5.41) is 4.81. The lowest BCUT2D eigenvalue weighted by Gasteiger charge is -2.39. The molecule has 2 aromatic heterocycles. The monoisotopic (exact) mass is 813 g/mol. The second-order valence-electron chi connectivity index (χ2n) is 14.9. The van der Waals surface area contributed by atoms with E-state index in [0.29, 0.717) is 74.0 Å². The molecule has 3 aromatic carbocycles. The van der Waals surface area contributed by atoms with Crippen LogP contribution in [0.1, 0.15) is 64.2 Å². The first-order valence-corrected chi connectivity index (χ1v) is 19.4. The lowest BCUT2D eigenvalue weighted by Crippen LogP contribution is -2.48. The summed E-state index contributed by atoms with van der Waals surface area (Å²) in [6.45, 7) is 2.93. The van der Waals surface area contributed by atoms with Crippen LogP contribution in [0.15, 0.2) is 72.8 Å². The van der Waals surface area contributed by atoms with E-state index in [-0.39, 0.29) is 29.1 Å². The summed E-state index contributed by atoms with van der Waals surface area (Å²) >= 11 is 5.87. The van der Waals surface area contributed by atoms with Crippen LogP contribution in [-0.4, -0.2) is 66.4 Å². The highest BCUT2D eigenvalue weighted by molar-refractivity contribution is 6.30. The molecule has 1 unspecified atom stereocenters. The lowest BCUT2D eigenvalue weighted by molar-refractivity contribution is -0.136. The van der Waals surface area contributed by atoms with Crippen LogP contribution < -0.4 is 15.4 Å². The number of hydrogen-bond acceptors (Lipinski definition) is 7. The number of aromatic nitrogens is 3. The average Bonchev–Trinajstić information content (AvgIpc) is 3.85. The van der Waals surface area contributed by atoms with Gasteiger partial charge in [0.1, 0.15) is 18.2 Å². The number of rotatable bonds is 10. The summed E-state index contributed by atoms with van der Waals surface area (Å²) in [6.07, 6.45) is -0.203. The molecule has 1 atom stereocenters. The first-order valence-electron chi connectivity index (χ1n) is 18.5. The molecule has 0 bridgehead atoms. The number of carbonyl (C=O) groups is 2. The molecule has 2 amide bonds. The first kappa shape index (κ1) is 37.5. The third-order valence-corrected chi connectivity index (χ3v) is 11.9. The minimum absolute atomic E-state index is 0.0130. The number of benzene rings is 3. The number of fused-ring (bicyclic) bond motifs is 3. The van der Waals surface area contributed by atoms with E-state index in [0.717, 1.165) is 35.1 Å². The average molecular weight is 814 g/mol. The molecule has 4 aliphatic rings. The zero-order chi connectivity index (χ0) is 39.7. The van der Waals surface area contributed by atoms with E-state index in [1.54, 1.807) is 36.4 Å². The van der Waals surface area contributed by atoms with Crippen molar-refractivity contribution >= 4 is 61.6 Å². The zero-order valence-corrected chi connectivity index (χ0v) is 32.1. The van der Waals surface area contributed by atoms with Crippen molar-refractivity contribution in [3.8, 4) is 5.88 Å². The Morgan fingerprint density at radius 2 is 1.89 bits per heavy atom. The van der Waals surface area contributed by atoms with Crippen molar-refractivity contribution in [3.05, 3.63) is 117 Å². The normalized spacial score (nSPS) is 19.9. The molecule has 10 nitrogen and oxygen atoms in total. The number of anilines is 2. The summed E-state index contributed by atoms with van der Waals surface area (Å²) in [6, 6.07) is 17.3. The third kappa shape index (κ3) is 7.22. The van der Waals surface area contributed by atoms with Gasteiger partial charge in [-0.2, -0.15) is 13.2 Å². The molecule has 1 saturated carbocycles. The van der Waals surface area contributed by atoms with Crippen LogP contribution in [0.2, 0.25) is 5.02 Å². The van der Waals surface area contributed by atoms with E-state index in [2.05, 4.69) is 41.4 Å². The summed E-state index contributed by atoms with van der Waals surface area (Å²) in [5.74, 6) is -0.347. The highest BCUT2D eigenvalue weighted by Crippen LogP contribution is 2.58. The second-order valence-corrected chi connectivity index (χ2v) is 16.3. The number of halogens is 5. The number of nitrogens with one attached hydrogen (secondary N) is 2. The molecule has 5 aromatic rings. The van der Waals surface area contributed by atoms with Crippen LogP contribution in [0.25, 0.3) is 16.6 Å². The number of carbonyl (C=O) groups excluding carboxylic acids is 2. The molecule has 3 aliphatic heterocycles. The van der Waals surface area contributed by atoms with Crippen LogP contribution in [0.4, 0.5) is 28.9 Å².